The molecule has 0 bridgehead atoms. The number of carbonyl (C=O) groups is 2. The molecule has 1 saturated heterocycles. The molecule has 1 aliphatic heterocycles. The van der Waals surface area contributed by atoms with Crippen molar-refractivity contribution in [2.24, 2.45) is 5.92 Å². The van der Waals surface area contributed by atoms with Crippen LogP contribution in [0.4, 0.5) is 11.4 Å². The topological polar surface area (TPSA) is 58.6 Å². The molecule has 118 valence electrons. The molecule has 1 unspecified atom stereocenters. The van der Waals surface area contributed by atoms with Gasteiger partial charge in [-0.25, -0.2) is 0 Å². The highest BCUT2D eigenvalue weighted by atomic mass is 16.5. The summed E-state index contributed by atoms with van der Waals surface area (Å²) in [6.45, 7) is 0.540. The van der Waals surface area contributed by atoms with Crippen LogP contribution in [0.15, 0.2) is 54.6 Å². The third-order valence-electron chi connectivity index (χ3n) is 3.95. The minimum atomic E-state index is -0.641. The second kappa shape index (κ2) is 6.52. The summed E-state index contributed by atoms with van der Waals surface area (Å²) in [5.41, 5.74) is 1.49. The molecule has 1 N–H and O–H groups in total. The van der Waals surface area contributed by atoms with E-state index in [1.807, 2.05) is 30.3 Å². The fourth-order valence-electron chi connectivity index (χ4n) is 2.69. The first-order chi connectivity index (χ1) is 11.2. The monoisotopic (exact) mass is 310 g/mol. The fraction of sp³-hybridized carbons (Fsp3) is 0.222. The first-order valence-electron chi connectivity index (χ1n) is 7.50. The van der Waals surface area contributed by atoms with Gasteiger partial charge in [-0.05, 0) is 42.8 Å². The van der Waals surface area contributed by atoms with Gasteiger partial charge in [0.1, 0.15) is 11.7 Å². The normalized spacial score (nSPS) is 17.2. The highest BCUT2D eigenvalue weighted by Gasteiger charge is 2.37. The molecular weight excluding hydrogens is 292 g/mol. The molecular formula is C18H18N2O3. The van der Waals surface area contributed by atoms with Crippen molar-refractivity contribution >= 4 is 23.2 Å². The predicted octanol–water partition coefficient (Wildman–Crippen LogP) is 2.69. The molecule has 0 saturated carbocycles. The third-order valence-corrected chi connectivity index (χ3v) is 3.95. The Hall–Kier alpha value is -2.82. The zero-order chi connectivity index (χ0) is 16.2. The largest absolute Gasteiger partial charge is 0.497 e. The van der Waals surface area contributed by atoms with E-state index in [0.29, 0.717) is 18.7 Å². The van der Waals surface area contributed by atoms with E-state index < -0.39 is 5.92 Å². The van der Waals surface area contributed by atoms with Gasteiger partial charge in [0.2, 0.25) is 11.8 Å². The van der Waals surface area contributed by atoms with Crippen LogP contribution >= 0.6 is 0 Å². The van der Waals surface area contributed by atoms with Gasteiger partial charge < -0.3 is 15.0 Å². The number of rotatable bonds is 4. The lowest BCUT2D eigenvalue weighted by Gasteiger charge is -2.17. The standard InChI is InChI=1S/C18H18N2O3/c1-23-15-9-7-14(8-10-15)20-12-11-16(18(20)22)17(21)19-13-5-3-2-4-6-13/h2-10,16H,11-12H2,1H3,(H,19,21). The fourth-order valence-corrected chi connectivity index (χ4v) is 2.69. The molecule has 1 aliphatic rings. The SMILES string of the molecule is COc1ccc(N2CCC(C(=O)Nc3ccccc3)C2=O)cc1. The third kappa shape index (κ3) is 3.18. The van der Waals surface area contributed by atoms with E-state index in [1.54, 1.807) is 36.3 Å². The molecule has 0 aromatic heterocycles. The van der Waals surface area contributed by atoms with Gasteiger partial charge in [0.05, 0.1) is 7.11 Å². The van der Waals surface area contributed by atoms with Crippen molar-refractivity contribution in [3.8, 4) is 5.75 Å². The zero-order valence-corrected chi connectivity index (χ0v) is 12.9. The van der Waals surface area contributed by atoms with Gasteiger partial charge in [-0.15, -0.1) is 0 Å². The molecule has 1 fully saturated rings. The summed E-state index contributed by atoms with van der Waals surface area (Å²) in [4.78, 5) is 26.5. The molecule has 0 aliphatic carbocycles. The van der Waals surface area contributed by atoms with Gasteiger partial charge in [-0.1, -0.05) is 18.2 Å². The highest BCUT2D eigenvalue weighted by Crippen LogP contribution is 2.27. The number of benzene rings is 2. The van der Waals surface area contributed by atoms with Gasteiger partial charge in [-0.3, -0.25) is 9.59 Å². The molecule has 5 heteroatoms. The van der Waals surface area contributed by atoms with Crippen LogP contribution in [0, 0.1) is 5.92 Å². The smallest absolute Gasteiger partial charge is 0.239 e. The minimum absolute atomic E-state index is 0.163. The van der Waals surface area contributed by atoms with Crippen LogP contribution < -0.4 is 15.0 Å². The summed E-state index contributed by atoms with van der Waals surface area (Å²) in [7, 11) is 1.60. The lowest BCUT2D eigenvalue weighted by atomic mass is 10.1. The van der Waals surface area contributed by atoms with E-state index in [2.05, 4.69) is 5.32 Å². The summed E-state index contributed by atoms with van der Waals surface area (Å²) < 4.78 is 5.12. The van der Waals surface area contributed by atoms with Crippen molar-refractivity contribution in [2.45, 2.75) is 6.42 Å². The molecule has 1 atom stereocenters. The number of nitrogens with zero attached hydrogens (tertiary/aromatic N) is 1. The van der Waals surface area contributed by atoms with Crippen LogP contribution in [0.25, 0.3) is 0 Å². The van der Waals surface area contributed by atoms with Gasteiger partial charge in [0.15, 0.2) is 0 Å². The molecule has 23 heavy (non-hydrogen) atoms. The van der Waals surface area contributed by atoms with Crippen LogP contribution in [-0.4, -0.2) is 25.5 Å². The summed E-state index contributed by atoms with van der Waals surface area (Å²) in [5.74, 6) is -0.322. The number of hydrogen-bond donors (Lipinski definition) is 1. The van der Waals surface area contributed by atoms with E-state index in [4.69, 9.17) is 4.74 Å². The number of methoxy groups -OCH3 is 1. The van der Waals surface area contributed by atoms with Crippen LogP contribution in [0.2, 0.25) is 0 Å². The Morgan fingerprint density at radius 3 is 2.48 bits per heavy atom. The summed E-state index contributed by atoms with van der Waals surface area (Å²) >= 11 is 0. The van der Waals surface area contributed by atoms with E-state index in [9.17, 15) is 9.59 Å². The van der Waals surface area contributed by atoms with Crippen molar-refractivity contribution in [3.05, 3.63) is 54.6 Å². The molecule has 3 rings (SSSR count). The number of amides is 2. The lowest BCUT2D eigenvalue weighted by Crippen LogP contribution is -2.33. The van der Waals surface area contributed by atoms with Crippen LogP contribution in [0.3, 0.4) is 0 Å². The van der Waals surface area contributed by atoms with Crippen molar-refractivity contribution in [1.82, 2.24) is 0 Å². The van der Waals surface area contributed by atoms with Crippen molar-refractivity contribution in [3.63, 3.8) is 0 Å². The summed E-state index contributed by atoms with van der Waals surface area (Å²) in [5, 5.41) is 2.80. The second-order valence-corrected chi connectivity index (χ2v) is 5.38. The van der Waals surface area contributed by atoms with Crippen molar-refractivity contribution < 1.29 is 14.3 Å². The van der Waals surface area contributed by atoms with E-state index in [0.717, 1.165) is 11.4 Å². The van der Waals surface area contributed by atoms with Crippen LogP contribution in [0.1, 0.15) is 6.42 Å². The molecule has 5 nitrogen and oxygen atoms in total. The lowest BCUT2D eigenvalue weighted by molar-refractivity contribution is -0.129. The van der Waals surface area contributed by atoms with Gasteiger partial charge in [0, 0.05) is 17.9 Å². The first kappa shape index (κ1) is 15.1. The highest BCUT2D eigenvalue weighted by molar-refractivity contribution is 6.13. The van der Waals surface area contributed by atoms with E-state index >= 15 is 0 Å². The Labute approximate surface area is 134 Å². The minimum Gasteiger partial charge on any atom is -0.497 e. The van der Waals surface area contributed by atoms with Gasteiger partial charge in [-0.2, -0.15) is 0 Å². The Morgan fingerprint density at radius 1 is 1.13 bits per heavy atom. The Balaban J connectivity index is 1.69. The summed E-state index contributed by atoms with van der Waals surface area (Å²) in [6, 6.07) is 16.4. The van der Waals surface area contributed by atoms with E-state index in [-0.39, 0.29) is 11.8 Å². The van der Waals surface area contributed by atoms with Crippen molar-refractivity contribution in [1.29, 1.82) is 0 Å². The number of nitrogens with one attached hydrogen (secondary N) is 1. The average Bonchev–Trinajstić information content (AvgIpc) is 2.97. The van der Waals surface area contributed by atoms with Crippen LogP contribution in [-0.2, 0) is 9.59 Å². The summed E-state index contributed by atoms with van der Waals surface area (Å²) in [6.07, 6.45) is 0.517. The Morgan fingerprint density at radius 2 is 1.83 bits per heavy atom. The molecule has 2 amide bonds. The Bertz CT molecular complexity index is 698. The second-order valence-electron chi connectivity index (χ2n) is 5.38. The quantitative estimate of drug-likeness (QED) is 0.883. The van der Waals surface area contributed by atoms with Crippen LogP contribution in [0.5, 0.6) is 5.75 Å². The Kier molecular flexibility index (Phi) is 4.28. The van der Waals surface area contributed by atoms with Gasteiger partial charge >= 0.3 is 0 Å². The molecule has 0 radical (unpaired) electrons. The zero-order valence-electron chi connectivity index (χ0n) is 12.9. The number of hydrogen-bond acceptors (Lipinski definition) is 3. The number of para-hydroxylation sites is 1. The van der Waals surface area contributed by atoms with Gasteiger partial charge in [0.25, 0.3) is 0 Å². The number of carbonyl (C=O) groups excluding carboxylic acids is 2. The molecule has 1 heterocycles. The maximum Gasteiger partial charge on any atom is 0.239 e. The molecule has 2 aromatic carbocycles. The maximum absolute atomic E-state index is 12.5. The average molecular weight is 310 g/mol. The molecule has 2 aromatic rings. The number of ether oxygens (including phenoxy) is 1. The predicted molar refractivity (Wildman–Crippen MR) is 88.5 cm³/mol. The first-order valence-corrected chi connectivity index (χ1v) is 7.50. The van der Waals surface area contributed by atoms with E-state index in [1.165, 1.54) is 0 Å². The number of anilines is 2. The van der Waals surface area contributed by atoms with Crippen molar-refractivity contribution in [2.75, 3.05) is 23.9 Å². The maximum atomic E-state index is 12.5. The molecule has 0 spiro atoms.